The van der Waals surface area contributed by atoms with Crippen LogP contribution < -0.4 is 0 Å². The van der Waals surface area contributed by atoms with E-state index in [1.165, 1.54) is 83.1 Å². The van der Waals surface area contributed by atoms with Crippen molar-refractivity contribution in [2.45, 2.75) is 104 Å². The smallest absolute Gasteiger partial charge is 0.119 e. The Hall–Kier alpha value is -1.18. The topological polar surface area (TPSA) is 40.5 Å². The van der Waals surface area contributed by atoms with Gasteiger partial charge in [0.15, 0.2) is 0 Å². The zero-order chi connectivity index (χ0) is 18.3. The zero-order valence-corrected chi connectivity index (χ0v) is 16.6. The molecule has 1 aromatic rings. The third kappa shape index (κ3) is 11.1. The molecule has 0 fully saturated rings. The summed E-state index contributed by atoms with van der Waals surface area (Å²) < 4.78 is 0. The average Bonchev–Trinajstić information content (AvgIpc) is 2.58. The molecule has 0 heterocycles. The third-order valence-corrected chi connectivity index (χ3v) is 5.44. The van der Waals surface area contributed by atoms with Gasteiger partial charge in [-0.3, -0.25) is 0 Å². The minimum atomic E-state index is 0.162. The van der Waals surface area contributed by atoms with E-state index in [0.29, 0.717) is 0 Å². The number of hydrogen-bond donors (Lipinski definition) is 2. The van der Waals surface area contributed by atoms with E-state index in [1.807, 2.05) is 0 Å². The van der Waals surface area contributed by atoms with Gasteiger partial charge in [0.1, 0.15) is 11.5 Å². The zero-order valence-electron chi connectivity index (χ0n) is 16.6. The molecular weight excluding hydrogens is 308 g/mol. The first-order valence-electron chi connectivity index (χ1n) is 10.7. The van der Waals surface area contributed by atoms with Crippen molar-refractivity contribution in [2.24, 2.45) is 5.92 Å². The summed E-state index contributed by atoms with van der Waals surface area (Å²) in [5.41, 5.74) is 1.03. The van der Waals surface area contributed by atoms with Gasteiger partial charge in [-0.05, 0) is 36.5 Å². The van der Waals surface area contributed by atoms with Crippen LogP contribution in [-0.2, 0) is 6.42 Å². The first-order chi connectivity index (χ1) is 12.2. The standard InChI is InChI=1S/C23H40O2/c1-3-20(4-2)15-13-11-9-7-5-6-8-10-12-14-16-21-17-22(24)19-23(25)18-21/h17-20,24-25H,3-16H2,1-2H3. The molecule has 1 rings (SSSR count). The van der Waals surface area contributed by atoms with Gasteiger partial charge in [0.05, 0.1) is 0 Å². The SMILES string of the molecule is CCC(CC)CCCCCCCCCCCCc1cc(O)cc(O)c1. The van der Waals surface area contributed by atoms with E-state index in [-0.39, 0.29) is 11.5 Å². The summed E-state index contributed by atoms with van der Waals surface area (Å²) in [6.45, 7) is 4.64. The monoisotopic (exact) mass is 348 g/mol. The van der Waals surface area contributed by atoms with Gasteiger partial charge >= 0.3 is 0 Å². The maximum Gasteiger partial charge on any atom is 0.119 e. The molecule has 25 heavy (non-hydrogen) atoms. The summed E-state index contributed by atoms with van der Waals surface area (Å²) in [7, 11) is 0. The van der Waals surface area contributed by atoms with Gasteiger partial charge < -0.3 is 10.2 Å². The molecule has 2 nitrogen and oxygen atoms in total. The highest BCUT2D eigenvalue weighted by molar-refractivity contribution is 5.36. The van der Waals surface area contributed by atoms with Crippen LogP contribution in [0.25, 0.3) is 0 Å². The summed E-state index contributed by atoms with van der Waals surface area (Å²) in [6.07, 6.45) is 18.6. The lowest BCUT2D eigenvalue weighted by Crippen LogP contribution is -1.96. The van der Waals surface area contributed by atoms with Crippen molar-refractivity contribution in [3.63, 3.8) is 0 Å². The van der Waals surface area contributed by atoms with Gasteiger partial charge in [-0.25, -0.2) is 0 Å². The van der Waals surface area contributed by atoms with Gasteiger partial charge in [0, 0.05) is 6.07 Å². The van der Waals surface area contributed by atoms with E-state index in [0.717, 1.165) is 24.3 Å². The van der Waals surface area contributed by atoms with Crippen LogP contribution in [0.4, 0.5) is 0 Å². The van der Waals surface area contributed by atoms with Crippen LogP contribution in [-0.4, -0.2) is 10.2 Å². The summed E-state index contributed by atoms with van der Waals surface area (Å²) in [4.78, 5) is 0. The second kappa shape index (κ2) is 14.0. The van der Waals surface area contributed by atoms with E-state index in [9.17, 15) is 10.2 Å². The highest BCUT2D eigenvalue weighted by atomic mass is 16.3. The first kappa shape index (κ1) is 21.9. The summed E-state index contributed by atoms with van der Waals surface area (Å²) >= 11 is 0. The van der Waals surface area contributed by atoms with Crippen LogP contribution in [0.3, 0.4) is 0 Å². The maximum absolute atomic E-state index is 9.46. The Morgan fingerprint density at radius 1 is 0.640 bits per heavy atom. The second-order valence-electron chi connectivity index (χ2n) is 7.61. The van der Waals surface area contributed by atoms with Gasteiger partial charge in [-0.1, -0.05) is 90.9 Å². The third-order valence-electron chi connectivity index (χ3n) is 5.44. The minimum Gasteiger partial charge on any atom is -0.508 e. The molecule has 0 aliphatic heterocycles. The number of aryl methyl sites for hydroxylation is 1. The van der Waals surface area contributed by atoms with Crippen LogP contribution in [0, 0.1) is 5.92 Å². The van der Waals surface area contributed by atoms with Gasteiger partial charge in [-0.2, -0.15) is 0 Å². The molecule has 0 aliphatic carbocycles. The number of phenolic OH excluding ortho intramolecular Hbond substituents is 2. The molecule has 0 saturated heterocycles. The second-order valence-corrected chi connectivity index (χ2v) is 7.61. The Morgan fingerprint density at radius 3 is 1.56 bits per heavy atom. The summed E-state index contributed by atoms with van der Waals surface area (Å²) in [5.74, 6) is 1.29. The van der Waals surface area contributed by atoms with Crippen molar-refractivity contribution < 1.29 is 10.2 Å². The van der Waals surface area contributed by atoms with E-state index in [1.54, 1.807) is 12.1 Å². The molecule has 144 valence electrons. The summed E-state index contributed by atoms with van der Waals surface area (Å²) in [5, 5.41) is 18.9. The number of unbranched alkanes of at least 4 members (excludes halogenated alkanes) is 9. The van der Waals surface area contributed by atoms with Crippen molar-refractivity contribution in [3.8, 4) is 11.5 Å². The molecule has 0 aromatic heterocycles. The largest absolute Gasteiger partial charge is 0.508 e. The fraction of sp³-hybridized carbons (Fsp3) is 0.739. The van der Waals surface area contributed by atoms with Gasteiger partial charge in [0.25, 0.3) is 0 Å². The molecule has 0 atom stereocenters. The van der Waals surface area contributed by atoms with Crippen LogP contribution in [0.15, 0.2) is 18.2 Å². The lowest BCUT2D eigenvalue weighted by Gasteiger charge is -2.11. The summed E-state index contributed by atoms with van der Waals surface area (Å²) in [6, 6.07) is 4.89. The minimum absolute atomic E-state index is 0.162. The predicted molar refractivity (Wildman–Crippen MR) is 108 cm³/mol. The molecule has 0 spiro atoms. The Kier molecular flexibility index (Phi) is 12.3. The van der Waals surface area contributed by atoms with Crippen molar-refractivity contribution in [3.05, 3.63) is 23.8 Å². The van der Waals surface area contributed by atoms with E-state index in [4.69, 9.17) is 0 Å². The number of phenols is 2. The fourth-order valence-corrected chi connectivity index (χ4v) is 3.67. The Bertz CT molecular complexity index is 417. The first-order valence-corrected chi connectivity index (χ1v) is 10.7. The fourth-order valence-electron chi connectivity index (χ4n) is 3.67. The molecule has 0 saturated carbocycles. The Balaban J connectivity index is 1.87. The van der Waals surface area contributed by atoms with Crippen molar-refractivity contribution in [2.75, 3.05) is 0 Å². The van der Waals surface area contributed by atoms with Gasteiger partial charge in [0.2, 0.25) is 0 Å². The van der Waals surface area contributed by atoms with Crippen molar-refractivity contribution in [1.82, 2.24) is 0 Å². The van der Waals surface area contributed by atoms with Crippen LogP contribution in [0.1, 0.15) is 103 Å². The number of rotatable bonds is 15. The van der Waals surface area contributed by atoms with Crippen molar-refractivity contribution in [1.29, 1.82) is 0 Å². The molecule has 2 heteroatoms. The quantitative estimate of drug-likeness (QED) is 0.325. The molecule has 0 amide bonds. The molecule has 0 aliphatic rings. The van der Waals surface area contributed by atoms with Crippen LogP contribution in [0.2, 0.25) is 0 Å². The molecule has 1 aromatic carbocycles. The molecule has 0 unspecified atom stereocenters. The number of benzene rings is 1. The molecule has 0 bridgehead atoms. The Labute approximate surface area is 155 Å². The van der Waals surface area contributed by atoms with Gasteiger partial charge in [-0.15, -0.1) is 0 Å². The Morgan fingerprint density at radius 2 is 1.08 bits per heavy atom. The van der Waals surface area contributed by atoms with Crippen molar-refractivity contribution >= 4 is 0 Å². The molecule has 0 radical (unpaired) electrons. The van der Waals surface area contributed by atoms with E-state index < -0.39 is 0 Å². The lowest BCUT2D eigenvalue weighted by atomic mass is 9.95. The van der Waals surface area contributed by atoms with E-state index in [2.05, 4.69) is 13.8 Å². The average molecular weight is 349 g/mol. The number of aromatic hydroxyl groups is 2. The maximum atomic E-state index is 9.46. The highest BCUT2D eigenvalue weighted by Crippen LogP contribution is 2.22. The number of hydrogen-bond acceptors (Lipinski definition) is 2. The highest BCUT2D eigenvalue weighted by Gasteiger charge is 2.02. The van der Waals surface area contributed by atoms with E-state index >= 15 is 0 Å². The predicted octanol–water partition coefficient (Wildman–Crippen LogP) is 7.37. The van der Waals surface area contributed by atoms with Crippen LogP contribution in [0.5, 0.6) is 11.5 Å². The normalized spacial score (nSPS) is 11.3. The van der Waals surface area contributed by atoms with Crippen LogP contribution >= 0.6 is 0 Å². The molecule has 2 N–H and O–H groups in total. The lowest BCUT2D eigenvalue weighted by molar-refractivity contribution is 0.426. The molecular formula is C23H40O2.